The number of imide groups is 1. The van der Waals surface area contributed by atoms with E-state index in [1.165, 1.54) is 4.90 Å². The normalized spacial score (nSPS) is 24.2. The summed E-state index contributed by atoms with van der Waals surface area (Å²) in [5.41, 5.74) is 1.68. The predicted molar refractivity (Wildman–Crippen MR) is 112 cm³/mol. The third-order valence-electron chi connectivity index (χ3n) is 6.26. The monoisotopic (exact) mass is 448 g/mol. The van der Waals surface area contributed by atoms with Gasteiger partial charge in [-0.1, -0.05) is 12.1 Å². The molecular formula is C22H26F2N4O4. The molecule has 2 fully saturated rings. The topological polar surface area (TPSA) is 105 Å². The molecule has 2 N–H and O–H groups in total. The molecule has 0 aliphatic carbocycles. The number of carbonyl (C=O) groups is 3. The summed E-state index contributed by atoms with van der Waals surface area (Å²) in [4.78, 5) is 36.1. The summed E-state index contributed by atoms with van der Waals surface area (Å²) >= 11 is 0. The third-order valence-corrected chi connectivity index (χ3v) is 6.26. The molecule has 2 unspecified atom stereocenters. The van der Waals surface area contributed by atoms with Crippen molar-refractivity contribution in [1.82, 2.24) is 20.0 Å². The van der Waals surface area contributed by atoms with Crippen molar-refractivity contribution in [3.05, 3.63) is 29.5 Å². The Morgan fingerprint density at radius 2 is 2.06 bits per heavy atom. The van der Waals surface area contributed by atoms with Crippen LogP contribution in [0.3, 0.4) is 0 Å². The van der Waals surface area contributed by atoms with Gasteiger partial charge in [-0.25, -0.2) is 8.78 Å². The number of carboxylic acid groups (broad SMARTS) is 1. The minimum Gasteiger partial charge on any atom is -0.480 e. The van der Waals surface area contributed by atoms with E-state index in [1.54, 1.807) is 22.9 Å². The molecule has 4 rings (SSSR count). The van der Waals surface area contributed by atoms with Crippen LogP contribution in [0.25, 0.3) is 10.9 Å². The number of benzene rings is 1. The highest BCUT2D eigenvalue weighted by atomic mass is 19.3. The Balaban J connectivity index is 1.70. The second-order valence-electron chi connectivity index (χ2n) is 8.91. The highest BCUT2D eigenvalue weighted by molar-refractivity contribution is 6.02. The Morgan fingerprint density at radius 3 is 2.69 bits per heavy atom. The number of likely N-dealkylation sites (tertiary alicyclic amines) is 1. The quantitative estimate of drug-likeness (QED) is 0.682. The van der Waals surface area contributed by atoms with Crippen molar-refractivity contribution in [3.8, 4) is 0 Å². The average molecular weight is 448 g/mol. The zero-order valence-corrected chi connectivity index (χ0v) is 18.0. The number of halogens is 2. The Bertz CT molecular complexity index is 1080. The van der Waals surface area contributed by atoms with Gasteiger partial charge in [-0.2, -0.15) is 5.10 Å². The van der Waals surface area contributed by atoms with Gasteiger partial charge in [-0.15, -0.1) is 0 Å². The summed E-state index contributed by atoms with van der Waals surface area (Å²) in [5.74, 6) is -6.50. The molecule has 2 amide bonds. The summed E-state index contributed by atoms with van der Waals surface area (Å²) in [5, 5.41) is 16.6. The van der Waals surface area contributed by atoms with Crippen molar-refractivity contribution in [2.24, 2.45) is 0 Å². The lowest BCUT2D eigenvalue weighted by Gasteiger charge is -2.38. The highest BCUT2D eigenvalue weighted by Gasteiger charge is 2.45. The van der Waals surface area contributed by atoms with Crippen LogP contribution >= 0.6 is 0 Å². The number of rotatable bonds is 5. The number of fused-ring (bicyclic) bond motifs is 1. The maximum Gasteiger partial charge on any atom is 0.317 e. The van der Waals surface area contributed by atoms with Crippen molar-refractivity contribution in [2.45, 2.75) is 56.9 Å². The number of carboxylic acids is 1. The van der Waals surface area contributed by atoms with Crippen LogP contribution in [0.4, 0.5) is 8.78 Å². The van der Waals surface area contributed by atoms with E-state index >= 15 is 0 Å². The standard InChI is InChI=1S/C22H26F2N4O4/c1-12(2)28-17-9-13(16-7-8-27(10-19(30)31)11-22(16,23)24)3-4-14(17)20(26-28)15-5-6-18(29)25-21(15)32/h3-4,9,12,15-16H,5-8,10-11H2,1-2H3,(H,30,31)(H,25,29,32). The fourth-order valence-corrected chi connectivity index (χ4v) is 4.75. The van der Waals surface area contributed by atoms with Gasteiger partial charge in [0.15, 0.2) is 0 Å². The molecule has 2 aliphatic heterocycles. The van der Waals surface area contributed by atoms with Gasteiger partial charge in [0.2, 0.25) is 11.8 Å². The molecule has 1 aromatic heterocycles. The Hall–Kier alpha value is -2.88. The number of carbonyl (C=O) groups excluding carboxylic acids is 2. The fourth-order valence-electron chi connectivity index (χ4n) is 4.75. The van der Waals surface area contributed by atoms with Crippen LogP contribution in [0.5, 0.6) is 0 Å². The second kappa shape index (κ2) is 8.23. The van der Waals surface area contributed by atoms with Crippen molar-refractivity contribution < 1.29 is 28.3 Å². The summed E-state index contributed by atoms with van der Waals surface area (Å²) in [6, 6.07) is 5.03. The van der Waals surface area contributed by atoms with E-state index in [1.807, 2.05) is 13.8 Å². The van der Waals surface area contributed by atoms with Crippen LogP contribution in [0, 0.1) is 0 Å². The van der Waals surface area contributed by atoms with Crippen molar-refractivity contribution in [3.63, 3.8) is 0 Å². The molecule has 0 saturated carbocycles. The van der Waals surface area contributed by atoms with Gasteiger partial charge in [0.1, 0.15) is 0 Å². The summed E-state index contributed by atoms with van der Waals surface area (Å²) < 4.78 is 31.6. The van der Waals surface area contributed by atoms with Crippen LogP contribution in [0.1, 0.15) is 62.2 Å². The number of aromatic nitrogens is 2. The molecule has 8 nitrogen and oxygen atoms in total. The summed E-state index contributed by atoms with van der Waals surface area (Å²) in [6.07, 6.45) is 0.726. The van der Waals surface area contributed by atoms with Crippen LogP contribution in [-0.4, -0.2) is 63.1 Å². The maximum absolute atomic E-state index is 15.0. The molecule has 2 atom stereocenters. The van der Waals surface area contributed by atoms with E-state index in [9.17, 15) is 23.2 Å². The van der Waals surface area contributed by atoms with Gasteiger partial charge < -0.3 is 5.11 Å². The lowest BCUT2D eigenvalue weighted by molar-refractivity contribution is -0.142. The van der Waals surface area contributed by atoms with Gasteiger partial charge in [0, 0.05) is 17.8 Å². The molecule has 0 bridgehead atoms. The number of piperidine rings is 2. The van der Waals surface area contributed by atoms with E-state index in [0.29, 0.717) is 28.6 Å². The number of nitrogens with one attached hydrogen (secondary N) is 1. The zero-order valence-electron chi connectivity index (χ0n) is 18.0. The van der Waals surface area contributed by atoms with Gasteiger partial charge in [-0.05, 0) is 44.9 Å². The number of amides is 2. The molecular weight excluding hydrogens is 422 g/mol. The number of aliphatic carboxylic acids is 1. The molecule has 0 radical (unpaired) electrons. The minimum absolute atomic E-state index is 0.0623. The number of hydrogen-bond acceptors (Lipinski definition) is 5. The minimum atomic E-state index is -3.07. The molecule has 172 valence electrons. The largest absolute Gasteiger partial charge is 0.480 e. The second-order valence-corrected chi connectivity index (χ2v) is 8.91. The molecule has 2 aliphatic rings. The first kappa shape index (κ1) is 22.3. The van der Waals surface area contributed by atoms with E-state index in [2.05, 4.69) is 10.4 Å². The Kier molecular flexibility index (Phi) is 5.74. The number of hydrogen-bond donors (Lipinski definition) is 2. The van der Waals surface area contributed by atoms with Crippen molar-refractivity contribution >= 4 is 28.7 Å². The smallest absolute Gasteiger partial charge is 0.317 e. The zero-order chi connectivity index (χ0) is 23.2. The van der Waals surface area contributed by atoms with E-state index < -0.39 is 42.7 Å². The Morgan fingerprint density at radius 1 is 1.31 bits per heavy atom. The average Bonchev–Trinajstić information content (AvgIpc) is 3.06. The molecule has 0 spiro atoms. The molecule has 10 heteroatoms. The van der Waals surface area contributed by atoms with Crippen molar-refractivity contribution in [1.29, 1.82) is 0 Å². The summed E-state index contributed by atoms with van der Waals surface area (Å²) in [6.45, 7) is 3.11. The maximum atomic E-state index is 15.0. The fraction of sp³-hybridized carbons (Fsp3) is 0.545. The van der Waals surface area contributed by atoms with E-state index in [4.69, 9.17) is 5.11 Å². The van der Waals surface area contributed by atoms with Gasteiger partial charge in [0.25, 0.3) is 5.92 Å². The number of nitrogens with zero attached hydrogens (tertiary/aromatic N) is 3. The first-order valence-electron chi connectivity index (χ1n) is 10.7. The van der Waals surface area contributed by atoms with Crippen LogP contribution < -0.4 is 5.32 Å². The lowest BCUT2D eigenvalue weighted by Crippen LogP contribution is -2.48. The van der Waals surface area contributed by atoms with Crippen LogP contribution in [0.15, 0.2) is 18.2 Å². The molecule has 1 aromatic carbocycles. The first-order chi connectivity index (χ1) is 15.1. The molecule has 3 heterocycles. The van der Waals surface area contributed by atoms with Gasteiger partial charge >= 0.3 is 5.97 Å². The predicted octanol–water partition coefficient (Wildman–Crippen LogP) is 2.65. The van der Waals surface area contributed by atoms with Crippen molar-refractivity contribution in [2.75, 3.05) is 19.6 Å². The van der Waals surface area contributed by atoms with Gasteiger partial charge in [-0.3, -0.25) is 29.3 Å². The van der Waals surface area contributed by atoms with E-state index in [-0.39, 0.29) is 31.3 Å². The molecule has 32 heavy (non-hydrogen) atoms. The SMILES string of the molecule is CC(C)n1nc(C2CCC(=O)NC2=O)c2ccc(C3CCN(CC(=O)O)CC3(F)F)cc21. The third kappa shape index (κ3) is 4.11. The Labute approximate surface area is 183 Å². The number of alkyl halides is 2. The highest BCUT2D eigenvalue weighted by Crippen LogP contribution is 2.42. The van der Waals surface area contributed by atoms with Crippen LogP contribution in [-0.2, 0) is 14.4 Å². The summed E-state index contributed by atoms with van der Waals surface area (Å²) in [7, 11) is 0. The van der Waals surface area contributed by atoms with Crippen LogP contribution in [0.2, 0.25) is 0 Å². The lowest BCUT2D eigenvalue weighted by atomic mass is 9.85. The molecule has 2 aromatic rings. The van der Waals surface area contributed by atoms with Gasteiger partial charge in [0.05, 0.1) is 36.1 Å². The first-order valence-corrected chi connectivity index (χ1v) is 10.7. The molecule has 2 saturated heterocycles. The van der Waals surface area contributed by atoms with E-state index in [0.717, 1.165) is 0 Å².